The van der Waals surface area contributed by atoms with Crippen molar-refractivity contribution >= 4 is 35.1 Å². The number of amides is 2. The molecule has 0 saturated carbocycles. The van der Waals surface area contributed by atoms with Gasteiger partial charge in [0.1, 0.15) is 0 Å². The summed E-state index contributed by atoms with van der Waals surface area (Å²) < 4.78 is 41.7. The third kappa shape index (κ3) is 7.09. The molecule has 2 rings (SSSR count). The smallest absolute Gasteiger partial charge is 0.338 e. The molecule has 2 aromatic rings. The van der Waals surface area contributed by atoms with Gasteiger partial charge in [-0.15, -0.1) is 0 Å². The number of esters is 1. The van der Waals surface area contributed by atoms with Gasteiger partial charge in [0.2, 0.25) is 5.91 Å². The molecule has 0 aliphatic carbocycles. The lowest BCUT2D eigenvalue weighted by molar-refractivity contribution is -0.126. The van der Waals surface area contributed by atoms with Crippen LogP contribution in [0.1, 0.15) is 24.2 Å². The number of ether oxygens (including phenoxy) is 3. The minimum Gasteiger partial charge on any atom is -0.493 e. The van der Waals surface area contributed by atoms with Crippen LogP contribution < -0.4 is 20.1 Å². The monoisotopic (exact) mass is 470 g/mol. The molecule has 0 radical (unpaired) electrons. The zero-order chi connectivity index (χ0) is 23.8. The molecule has 0 fully saturated rings. The number of carbonyl (C=O) groups excluding carboxylic acids is 3. The van der Waals surface area contributed by atoms with E-state index in [2.05, 4.69) is 10.6 Å². The zero-order valence-electron chi connectivity index (χ0n) is 17.5. The molecular formula is C21H21ClF2N2O6. The highest BCUT2D eigenvalue weighted by atomic mass is 35.5. The number of rotatable bonds is 9. The van der Waals surface area contributed by atoms with Crippen LogP contribution in [0.5, 0.6) is 11.5 Å². The van der Waals surface area contributed by atoms with Crippen molar-refractivity contribution in [3.05, 3.63) is 52.6 Å². The van der Waals surface area contributed by atoms with Crippen LogP contribution >= 0.6 is 11.6 Å². The Morgan fingerprint density at radius 3 is 2.41 bits per heavy atom. The van der Waals surface area contributed by atoms with E-state index in [9.17, 15) is 23.2 Å². The number of methoxy groups -OCH3 is 1. The van der Waals surface area contributed by atoms with Crippen molar-refractivity contribution in [2.75, 3.05) is 25.6 Å². The summed E-state index contributed by atoms with van der Waals surface area (Å²) in [7, 11) is 1.38. The van der Waals surface area contributed by atoms with E-state index >= 15 is 0 Å². The Labute approximate surface area is 187 Å². The number of halogens is 3. The maximum Gasteiger partial charge on any atom is 0.338 e. The number of carbonyl (C=O) groups is 3. The number of benzene rings is 2. The molecule has 0 unspecified atom stereocenters. The van der Waals surface area contributed by atoms with Crippen molar-refractivity contribution in [3.8, 4) is 11.5 Å². The van der Waals surface area contributed by atoms with E-state index in [-0.39, 0.29) is 33.9 Å². The van der Waals surface area contributed by atoms with E-state index in [1.165, 1.54) is 19.2 Å². The highest BCUT2D eigenvalue weighted by Gasteiger charge is 2.19. The second kappa shape index (κ2) is 11.3. The molecule has 0 atom stereocenters. The van der Waals surface area contributed by atoms with Crippen molar-refractivity contribution in [2.45, 2.75) is 20.0 Å². The summed E-state index contributed by atoms with van der Waals surface area (Å²) >= 11 is 6.15. The van der Waals surface area contributed by atoms with Gasteiger partial charge < -0.3 is 24.8 Å². The number of nitrogens with one attached hydrogen (secondary N) is 2. The zero-order valence-corrected chi connectivity index (χ0v) is 18.2. The Hall–Kier alpha value is -3.40. The van der Waals surface area contributed by atoms with Crippen molar-refractivity contribution in [1.82, 2.24) is 5.32 Å². The van der Waals surface area contributed by atoms with Gasteiger partial charge in [0.05, 0.1) is 30.3 Å². The summed E-state index contributed by atoms with van der Waals surface area (Å²) in [4.78, 5) is 35.9. The third-order valence-corrected chi connectivity index (χ3v) is 4.08. The Morgan fingerprint density at radius 1 is 1.06 bits per heavy atom. The fourth-order valence-corrected chi connectivity index (χ4v) is 2.67. The summed E-state index contributed by atoms with van der Waals surface area (Å²) in [5.41, 5.74) is 0.0529. The Morgan fingerprint density at radius 2 is 1.78 bits per heavy atom. The first-order chi connectivity index (χ1) is 15.1. The van der Waals surface area contributed by atoms with E-state index in [4.69, 9.17) is 25.8 Å². The summed E-state index contributed by atoms with van der Waals surface area (Å²) in [6.07, 6.45) is -0.179. The first kappa shape index (κ1) is 24.9. The molecular weight excluding hydrogens is 450 g/mol. The molecule has 172 valence electrons. The van der Waals surface area contributed by atoms with Crippen molar-refractivity contribution < 1.29 is 37.4 Å². The lowest BCUT2D eigenvalue weighted by Crippen LogP contribution is -2.35. The molecule has 2 aromatic carbocycles. The number of anilines is 1. The molecule has 2 amide bonds. The summed E-state index contributed by atoms with van der Waals surface area (Å²) in [6, 6.07) is 5.49. The molecule has 0 spiro atoms. The fraction of sp³-hybridized carbons (Fsp3) is 0.286. The molecule has 0 bridgehead atoms. The molecule has 0 aromatic heterocycles. The first-order valence-corrected chi connectivity index (χ1v) is 9.71. The second-order valence-electron chi connectivity index (χ2n) is 6.69. The van der Waals surface area contributed by atoms with E-state index in [0.717, 1.165) is 18.2 Å². The normalized spacial score (nSPS) is 10.5. The first-order valence-electron chi connectivity index (χ1n) is 9.33. The lowest BCUT2D eigenvalue weighted by atomic mass is 10.2. The topological polar surface area (TPSA) is 103 Å². The molecule has 8 nitrogen and oxygen atoms in total. The van der Waals surface area contributed by atoms with Gasteiger partial charge in [-0.3, -0.25) is 9.59 Å². The molecule has 0 aliphatic heterocycles. The number of hydrogen-bond donors (Lipinski definition) is 2. The quantitative estimate of drug-likeness (QED) is 0.545. The van der Waals surface area contributed by atoms with Gasteiger partial charge in [-0.2, -0.15) is 0 Å². The van der Waals surface area contributed by atoms with Crippen LogP contribution in [0.15, 0.2) is 30.3 Å². The van der Waals surface area contributed by atoms with Crippen LogP contribution in [0.4, 0.5) is 14.5 Å². The Bertz CT molecular complexity index is 1020. The second-order valence-corrected chi connectivity index (χ2v) is 7.09. The maximum absolute atomic E-state index is 13.1. The minimum atomic E-state index is -1.13. The van der Waals surface area contributed by atoms with Crippen LogP contribution in [-0.4, -0.2) is 44.1 Å². The minimum absolute atomic E-state index is 0.0188. The van der Waals surface area contributed by atoms with Crippen molar-refractivity contribution in [1.29, 1.82) is 0 Å². The predicted octanol–water partition coefficient (Wildman–Crippen LogP) is 3.33. The van der Waals surface area contributed by atoms with E-state index in [1.807, 2.05) is 0 Å². The number of hydrogen-bond acceptors (Lipinski definition) is 6. The largest absolute Gasteiger partial charge is 0.493 e. The van der Waals surface area contributed by atoms with Crippen molar-refractivity contribution in [2.24, 2.45) is 0 Å². The molecule has 2 N–H and O–H groups in total. The molecule has 32 heavy (non-hydrogen) atoms. The Balaban J connectivity index is 1.87. The van der Waals surface area contributed by atoms with Crippen LogP contribution in [0.3, 0.4) is 0 Å². The third-order valence-electron chi connectivity index (χ3n) is 3.80. The maximum atomic E-state index is 13.1. The highest BCUT2D eigenvalue weighted by Crippen LogP contribution is 2.37. The standard InChI is InChI=1S/C21H21ClF2N2O6/c1-11(2)32-20-14(22)6-12(7-17(20)30-3)21(29)31-10-19(28)25-9-18(27)26-13-4-5-15(23)16(24)8-13/h4-8,11H,9-10H2,1-3H3,(H,25,28)(H,26,27). The highest BCUT2D eigenvalue weighted by molar-refractivity contribution is 6.32. The van der Waals surface area contributed by atoms with Gasteiger partial charge >= 0.3 is 5.97 Å². The summed E-state index contributed by atoms with van der Waals surface area (Å²) in [5, 5.41) is 4.65. The van der Waals surface area contributed by atoms with E-state index in [1.54, 1.807) is 13.8 Å². The summed E-state index contributed by atoms with van der Waals surface area (Å²) in [6.45, 7) is 2.46. The van der Waals surface area contributed by atoms with Crippen LogP contribution in [-0.2, 0) is 14.3 Å². The van der Waals surface area contributed by atoms with Gasteiger partial charge in [0.15, 0.2) is 29.7 Å². The molecule has 0 saturated heterocycles. The SMILES string of the molecule is COc1cc(C(=O)OCC(=O)NCC(=O)Nc2ccc(F)c(F)c2)cc(Cl)c1OC(C)C. The Kier molecular flexibility index (Phi) is 8.77. The van der Waals surface area contributed by atoms with Crippen LogP contribution in [0.25, 0.3) is 0 Å². The van der Waals surface area contributed by atoms with Crippen LogP contribution in [0.2, 0.25) is 5.02 Å². The molecule has 0 aliphatic rings. The van der Waals surface area contributed by atoms with Gasteiger partial charge in [-0.25, -0.2) is 13.6 Å². The average molecular weight is 471 g/mol. The average Bonchev–Trinajstić information content (AvgIpc) is 2.74. The lowest BCUT2D eigenvalue weighted by Gasteiger charge is -2.16. The van der Waals surface area contributed by atoms with Gasteiger partial charge in [0, 0.05) is 11.8 Å². The van der Waals surface area contributed by atoms with E-state index < -0.39 is 42.6 Å². The van der Waals surface area contributed by atoms with Gasteiger partial charge in [-0.1, -0.05) is 11.6 Å². The van der Waals surface area contributed by atoms with Crippen molar-refractivity contribution in [3.63, 3.8) is 0 Å². The van der Waals surface area contributed by atoms with Gasteiger partial charge in [0.25, 0.3) is 5.91 Å². The van der Waals surface area contributed by atoms with E-state index in [0.29, 0.717) is 0 Å². The fourth-order valence-electron chi connectivity index (χ4n) is 2.41. The summed E-state index contributed by atoms with van der Waals surface area (Å²) in [5.74, 6) is -3.98. The molecule has 11 heteroatoms. The van der Waals surface area contributed by atoms with Gasteiger partial charge in [-0.05, 0) is 38.1 Å². The van der Waals surface area contributed by atoms with Crippen LogP contribution in [0, 0.1) is 11.6 Å². The predicted molar refractivity (Wildman–Crippen MR) is 112 cm³/mol. The molecule has 0 heterocycles.